The van der Waals surface area contributed by atoms with Crippen molar-refractivity contribution >= 4 is 5.97 Å². The smallest absolute Gasteiger partial charge is 0.303 e. The van der Waals surface area contributed by atoms with Crippen molar-refractivity contribution in [1.82, 2.24) is 0 Å². The Morgan fingerprint density at radius 1 is 0.833 bits per heavy atom. The summed E-state index contributed by atoms with van der Waals surface area (Å²) in [5.74, 6) is 0.742. The van der Waals surface area contributed by atoms with Gasteiger partial charge in [0.1, 0.15) is 11.5 Å². The molecule has 0 saturated heterocycles. The Kier molecular flexibility index (Phi) is 4.92. The molecule has 0 radical (unpaired) electrons. The Labute approximate surface area is 141 Å². The Bertz CT molecular complexity index is 808. The van der Waals surface area contributed by atoms with Crippen LogP contribution in [-0.2, 0) is 11.2 Å². The Morgan fingerprint density at radius 2 is 1.50 bits per heavy atom. The SMILES string of the molecule is O=C(O)CCc1ccc(Oc2ccccc2-c2ccccc2)cc1. The highest BCUT2D eigenvalue weighted by atomic mass is 16.5. The van der Waals surface area contributed by atoms with Gasteiger partial charge in [-0.1, -0.05) is 60.7 Å². The van der Waals surface area contributed by atoms with Crippen LogP contribution in [0.5, 0.6) is 11.5 Å². The van der Waals surface area contributed by atoms with Gasteiger partial charge >= 0.3 is 5.97 Å². The first-order valence-corrected chi connectivity index (χ1v) is 7.85. The summed E-state index contributed by atoms with van der Waals surface area (Å²) in [5, 5.41) is 8.74. The predicted molar refractivity (Wildman–Crippen MR) is 94.4 cm³/mol. The second-order valence-electron chi connectivity index (χ2n) is 5.50. The van der Waals surface area contributed by atoms with Crippen LogP contribution in [0.25, 0.3) is 11.1 Å². The summed E-state index contributed by atoms with van der Waals surface area (Å²) in [7, 11) is 0. The molecule has 0 bridgehead atoms. The number of carbonyl (C=O) groups is 1. The lowest BCUT2D eigenvalue weighted by molar-refractivity contribution is -0.136. The second kappa shape index (κ2) is 7.47. The highest BCUT2D eigenvalue weighted by Gasteiger charge is 2.07. The first kappa shape index (κ1) is 15.8. The summed E-state index contributed by atoms with van der Waals surface area (Å²) in [6, 6.07) is 25.6. The zero-order valence-corrected chi connectivity index (χ0v) is 13.2. The van der Waals surface area contributed by atoms with Crippen LogP contribution in [0.1, 0.15) is 12.0 Å². The second-order valence-corrected chi connectivity index (χ2v) is 5.50. The van der Waals surface area contributed by atoms with Crippen molar-refractivity contribution in [1.29, 1.82) is 0 Å². The standard InChI is InChI=1S/C21H18O3/c22-21(23)15-12-16-10-13-18(14-11-16)24-20-9-5-4-8-19(20)17-6-2-1-3-7-17/h1-11,13-14H,12,15H2,(H,22,23). The number of hydrogen-bond donors (Lipinski definition) is 1. The molecule has 3 nitrogen and oxygen atoms in total. The molecule has 3 heteroatoms. The number of rotatable bonds is 6. The van der Waals surface area contributed by atoms with Gasteiger partial charge < -0.3 is 9.84 Å². The van der Waals surface area contributed by atoms with Crippen LogP contribution < -0.4 is 4.74 Å². The van der Waals surface area contributed by atoms with Crippen molar-refractivity contribution in [2.24, 2.45) is 0 Å². The van der Waals surface area contributed by atoms with E-state index in [9.17, 15) is 4.79 Å². The lowest BCUT2D eigenvalue weighted by atomic mass is 10.0. The molecule has 0 fully saturated rings. The molecule has 0 saturated carbocycles. The number of carboxylic acids is 1. The number of aryl methyl sites for hydroxylation is 1. The zero-order valence-electron chi connectivity index (χ0n) is 13.2. The van der Waals surface area contributed by atoms with Crippen LogP contribution in [0, 0.1) is 0 Å². The molecule has 0 unspecified atom stereocenters. The molecular formula is C21H18O3. The fourth-order valence-corrected chi connectivity index (χ4v) is 2.51. The minimum atomic E-state index is -0.785. The molecule has 120 valence electrons. The number of aliphatic carboxylic acids is 1. The fraction of sp³-hybridized carbons (Fsp3) is 0.0952. The summed E-state index contributed by atoms with van der Waals surface area (Å²) < 4.78 is 6.03. The number of benzene rings is 3. The highest BCUT2D eigenvalue weighted by molar-refractivity contribution is 5.70. The molecule has 0 amide bonds. The third-order valence-corrected chi connectivity index (χ3v) is 3.75. The minimum Gasteiger partial charge on any atom is -0.481 e. The van der Waals surface area contributed by atoms with Crippen LogP contribution >= 0.6 is 0 Å². The van der Waals surface area contributed by atoms with Crippen molar-refractivity contribution in [2.75, 3.05) is 0 Å². The first-order valence-electron chi connectivity index (χ1n) is 7.85. The van der Waals surface area contributed by atoms with Gasteiger partial charge in [-0.2, -0.15) is 0 Å². The molecule has 0 aliphatic carbocycles. The average molecular weight is 318 g/mol. The van der Waals surface area contributed by atoms with Crippen LogP contribution in [0.2, 0.25) is 0 Å². The Hall–Kier alpha value is -3.07. The van der Waals surface area contributed by atoms with Crippen molar-refractivity contribution in [3.05, 3.63) is 84.4 Å². The van der Waals surface area contributed by atoms with Gasteiger partial charge in [-0.15, -0.1) is 0 Å². The quantitative estimate of drug-likeness (QED) is 0.682. The van der Waals surface area contributed by atoms with Gasteiger partial charge in [0.15, 0.2) is 0 Å². The van der Waals surface area contributed by atoms with E-state index in [4.69, 9.17) is 9.84 Å². The molecule has 0 heterocycles. The maximum Gasteiger partial charge on any atom is 0.303 e. The van der Waals surface area contributed by atoms with Crippen LogP contribution in [0.15, 0.2) is 78.9 Å². The molecule has 0 aromatic heterocycles. The van der Waals surface area contributed by atoms with E-state index >= 15 is 0 Å². The Morgan fingerprint density at radius 3 is 2.21 bits per heavy atom. The number of ether oxygens (including phenoxy) is 1. The predicted octanol–water partition coefficient (Wildman–Crippen LogP) is 5.16. The van der Waals surface area contributed by atoms with E-state index in [-0.39, 0.29) is 6.42 Å². The van der Waals surface area contributed by atoms with Crippen molar-refractivity contribution in [2.45, 2.75) is 12.8 Å². The van der Waals surface area contributed by atoms with E-state index in [1.807, 2.05) is 66.7 Å². The van der Waals surface area contributed by atoms with Gasteiger partial charge in [0.25, 0.3) is 0 Å². The molecule has 0 aliphatic heterocycles. The maximum atomic E-state index is 10.6. The summed E-state index contributed by atoms with van der Waals surface area (Å²) >= 11 is 0. The monoisotopic (exact) mass is 318 g/mol. The van der Waals surface area contributed by atoms with Crippen molar-refractivity contribution in [3.8, 4) is 22.6 Å². The maximum absolute atomic E-state index is 10.6. The summed E-state index contributed by atoms with van der Waals surface area (Å²) in [5.41, 5.74) is 3.13. The summed E-state index contributed by atoms with van der Waals surface area (Å²) in [6.07, 6.45) is 0.660. The normalized spacial score (nSPS) is 10.3. The van der Waals surface area contributed by atoms with E-state index in [1.54, 1.807) is 0 Å². The number of hydrogen-bond acceptors (Lipinski definition) is 2. The van der Waals surface area contributed by atoms with E-state index < -0.39 is 5.97 Å². The van der Waals surface area contributed by atoms with Gasteiger partial charge in [-0.05, 0) is 35.7 Å². The van der Waals surface area contributed by atoms with E-state index in [2.05, 4.69) is 12.1 Å². The molecule has 24 heavy (non-hydrogen) atoms. The van der Waals surface area contributed by atoms with E-state index in [1.165, 1.54) is 0 Å². The molecule has 0 atom stereocenters. The van der Waals surface area contributed by atoms with Gasteiger partial charge in [-0.25, -0.2) is 0 Å². The lowest BCUT2D eigenvalue weighted by Crippen LogP contribution is -1.97. The molecule has 0 aliphatic rings. The average Bonchev–Trinajstić information content (AvgIpc) is 2.62. The van der Waals surface area contributed by atoms with Gasteiger partial charge in [0, 0.05) is 12.0 Å². The van der Waals surface area contributed by atoms with Crippen molar-refractivity contribution < 1.29 is 14.6 Å². The summed E-state index contributed by atoms with van der Waals surface area (Å²) in [6.45, 7) is 0. The molecule has 1 N–H and O–H groups in total. The first-order chi connectivity index (χ1) is 11.7. The number of carboxylic acid groups (broad SMARTS) is 1. The van der Waals surface area contributed by atoms with Crippen molar-refractivity contribution in [3.63, 3.8) is 0 Å². The molecule has 0 spiro atoms. The third-order valence-electron chi connectivity index (χ3n) is 3.75. The van der Waals surface area contributed by atoms with Crippen LogP contribution in [-0.4, -0.2) is 11.1 Å². The van der Waals surface area contributed by atoms with E-state index in [0.29, 0.717) is 6.42 Å². The molecule has 3 aromatic carbocycles. The topological polar surface area (TPSA) is 46.5 Å². The minimum absolute atomic E-state index is 0.136. The van der Waals surface area contributed by atoms with Gasteiger partial charge in [0.05, 0.1) is 0 Å². The lowest BCUT2D eigenvalue weighted by Gasteiger charge is -2.11. The van der Waals surface area contributed by atoms with Crippen LogP contribution in [0.3, 0.4) is 0 Å². The van der Waals surface area contributed by atoms with E-state index in [0.717, 1.165) is 28.2 Å². The summed E-state index contributed by atoms with van der Waals surface area (Å²) in [4.78, 5) is 10.6. The van der Waals surface area contributed by atoms with Gasteiger partial charge in [0.2, 0.25) is 0 Å². The van der Waals surface area contributed by atoms with Gasteiger partial charge in [-0.3, -0.25) is 4.79 Å². The largest absolute Gasteiger partial charge is 0.481 e. The zero-order chi connectivity index (χ0) is 16.8. The molecule has 3 rings (SSSR count). The highest BCUT2D eigenvalue weighted by Crippen LogP contribution is 2.33. The molecular weight excluding hydrogens is 300 g/mol. The fourth-order valence-electron chi connectivity index (χ4n) is 2.51. The third kappa shape index (κ3) is 4.02. The molecule has 3 aromatic rings. The van der Waals surface area contributed by atoms with Crippen LogP contribution in [0.4, 0.5) is 0 Å². The number of para-hydroxylation sites is 1. The Balaban J connectivity index is 1.78.